The van der Waals surface area contributed by atoms with Gasteiger partial charge >= 0.3 is 0 Å². The lowest BCUT2D eigenvalue weighted by Gasteiger charge is -2.09. The van der Waals surface area contributed by atoms with E-state index < -0.39 is 20.6 Å². The predicted molar refractivity (Wildman–Crippen MR) is 118 cm³/mol. The molecule has 0 saturated heterocycles. The number of nitrogens with zero attached hydrogens (tertiary/aromatic N) is 3. The van der Waals surface area contributed by atoms with E-state index in [2.05, 4.69) is 15.2 Å². The van der Waals surface area contributed by atoms with Gasteiger partial charge in [-0.2, -0.15) is 10.4 Å². The average molecular weight is 456 g/mol. The largest absolute Gasteiger partial charge is 0.295 e. The molecule has 0 radical (unpaired) electrons. The minimum atomic E-state index is -4.06. The normalized spacial score (nSPS) is 11.1. The lowest BCUT2D eigenvalue weighted by Crippen LogP contribution is -2.13. The zero-order chi connectivity index (χ0) is 22.4. The predicted octanol–water partition coefficient (Wildman–Crippen LogP) is 4.37. The number of nitro groups is 1. The van der Waals surface area contributed by atoms with Crippen molar-refractivity contribution >= 4 is 44.9 Å². The number of sulfonamides is 1. The third-order valence-electron chi connectivity index (χ3n) is 4.01. The van der Waals surface area contributed by atoms with Crippen LogP contribution < -0.4 is 10.1 Å². The summed E-state index contributed by atoms with van der Waals surface area (Å²) in [5, 5.41) is 24.6. The Morgan fingerprint density at radius 1 is 1.06 bits per heavy atom. The van der Waals surface area contributed by atoms with Gasteiger partial charge in [0.05, 0.1) is 27.7 Å². The molecule has 0 atom stereocenters. The first-order chi connectivity index (χ1) is 14.8. The molecule has 156 valence electrons. The summed E-state index contributed by atoms with van der Waals surface area (Å²) in [5.74, 6) is 0. The number of nitriles is 1. The van der Waals surface area contributed by atoms with Gasteiger partial charge < -0.3 is 0 Å². The van der Waals surface area contributed by atoms with E-state index in [0.717, 1.165) is 6.07 Å². The van der Waals surface area contributed by atoms with Crippen molar-refractivity contribution in [1.29, 1.82) is 5.26 Å². The highest BCUT2D eigenvalue weighted by atomic mass is 35.5. The van der Waals surface area contributed by atoms with Crippen molar-refractivity contribution in [2.24, 2.45) is 5.10 Å². The van der Waals surface area contributed by atoms with Crippen LogP contribution in [0.3, 0.4) is 0 Å². The number of rotatable bonds is 7. The standard InChI is InChI=1S/C20H14ClN5O4S/c21-16-5-7-17(8-6-16)25-31(29,30)18-9-10-19(20(11-18)26(27)28)24-23-13-15-3-1-14(12-22)2-4-15/h1-11,13,24-25H/b23-13-. The molecule has 0 heterocycles. The van der Waals surface area contributed by atoms with Gasteiger partial charge in [-0.1, -0.05) is 23.7 Å². The zero-order valence-corrected chi connectivity index (χ0v) is 17.3. The minimum absolute atomic E-state index is 0.0142. The quantitative estimate of drug-likeness (QED) is 0.308. The molecule has 0 aliphatic rings. The fraction of sp³-hybridized carbons (Fsp3) is 0. The SMILES string of the molecule is N#Cc1ccc(/C=N\Nc2ccc(S(=O)(=O)Nc3ccc(Cl)cc3)cc2[N+](=O)[O-])cc1. The van der Waals surface area contributed by atoms with Crippen molar-refractivity contribution in [3.63, 3.8) is 0 Å². The summed E-state index contributed by atoms with van der Waals surface area (Å²) in [6, 6.07) is 17.9. The monoisotopic (exact) mass is 455 g/mol. The molecule has 11 heteroatoms. The van der Waals surface area contributed by atoms with Crippen LogP contribution in [0.2, 0.25) is 5.02 Å². The maximum atomic E-state index is 12.6. The molecular weight excluding hydrogens is 442 g/mol. The van der Waals surface area contributed by atoms with Crippen molar-refractivity contribution in [2.45, 2.75) is 4.90 Å². The molecule has 3 aromatic carbocycles. The van der Waals surface area contributed by atoms with Crippen LogP contribution >= 0.6 is 11.6 Å². The Balaban J connectivity index is 1.81. The maximum Gasteiger partial charge on any atom is 0.295 e. The van der Waals surface area contributed by atoms with Gasteiger partial charge in [-0.15, -0.1) is 0 Å². The van der Waals surface area contributed by atoms with E-state index in [0.29, 0.717) is 16.1 Å². The van der Waals surface area contributed by atoms with E-state index in [1.165, 1.54) is 42.6 Å². The first kappa shape index (κ1) is 21.8. The summed E-state index contributed by atoms with van der Waals surface area (Å²) in [4.78, 5) is 10.5. The molecule has 0 aliphatic heterocycles. The van der Waals surface area contributed by atoms with Gasteiger partial charge in [0, 0.05) is 16.8 Å². The highest BCUT2D eigenvalue weighted by Gasteiger charge is 2.21. The number of anilines is 2. The Morgan fingerprint density at radius 3 is 2.35 bits per heavy atom. The Morgan fingerprint density at radius 2 is 1.74 bits per heavy atom. The van der Waals surface area contributed by atoms with Gasteiger partial charge in [0.15, 0.2) is 0 Å². The van der Waals surface area contributed by atoms with Crippen LogP contribution in [0.5, 0.6) is 0 Å². The topological polar surface area (TPSA) is 137 Å². The fourth-order valence-corrected chi connectivity index (χ4v) is 3.68. The molecule has 0 fully saturated rings. The molecule has 0 saturated carbocycles. The first-order valence-corrected chi connectivity index (χ1v) is 10.5. The van der Waals surface area contributed by atoms with E-state index in [1.807, 2.05) is 6.07 Å². The summed E-state index contributed by atoms with van der Waals surface area (Å²) < 4.78 is 27.5. The molecule has 0 bridgehead atoms. The Kier molecular flexibility index (Phi) is 6.49. The van der Waals surface area contributed by atoms with Crippen LogP contribution in [0, 0.1) is 21.4 Å². The fourth-order valence-electron chi connectivity index (χ4n) is 2.48. The second kappa shape index (κ2) is 9.25. The molecule has 0 aliphatic carbocycles. The van der Waals surface area contributed by atoms with Crippen LogP contribution in [0.25, 0.3) is 0 Å². The van der Waals surface area contributed by atoms with Gasteiger partial charge in [0.25, 0.3) is 15.7 Å². The highest BCUT2D eigenvalue weighted by Crippen LogP contribution is 2.28. The summed E-state index contributed by atoms with van der Waals surface area (Å²) >= 11 is 5.78. The molecule has 31 heavy (non-hydrogen) atoms. The number of hydrogen-bond acceptors (Lipinski definition) is 7. The molecule has 3 rings (SSSR count). The van der Waals surface area contributed by atoms with E-state index >= 15 is 0 Å². The third kappa shape index (κ3) is 5.57. The Hall–Kier alpha value is -3.94. The summed E-state index contributed by atoms with van der Waals surface area (Å²) in [6.07, 6.45) is 1.41. The molecule has 0 aromatic heterocycles. The molecule has 0 amide bonds. The number of benzene rings is 3. The second-order valence-corrected chi connectivity index (χ2v) is 8.27. The van der Waals surface area contributed by atoms with Crippen LogP contribution in [-0.4, -0.2) is 19.6 Å². The number of nitrogens with one attached hydrogen (secondary N) is 2. The van der Waals surface area contributed by atoms with Crippen molar-refractivity contribution < 1.29 is 13.3 Å². The van der Waals surface area contributed by atoms with Crippen LogP contribution in [-0.2, 0) is 10.0 Å². The molecule has 0 unspecified atom stereocenters. The van der Waals surface area contributed by atoms with Crippen molar-refractivity contribution in [3.8, 4) is 6.07 Å². The second-order valence-electron chi connectivity index (χ2n) is 6.15. The van der Waals surface area contributed by atoms with E-state index in [9.17, 15) is 18.5 Å². The number of nitro benzene ring substituents is 1. The number of halogens is 1. The molecular formula is C20H14ClN5O4S. The lowest BCUT2D eigenvalue weighted by molar-refractivity contribution is -0.384. The average Bonchev–Trinajstić information content (AvgIpc) is 2.75. The lowest BCUT2D eigenvalue weighted by atomic mass is 10.2. The van der Waals surface area contributed by atoms with Gasteiger partial charge in [0.2, 0.25) is 0 Å². The minimum Gasteiger partial charge on any atom is -0.280 e. The first-order valence-electron chi connectivity index (χ1n) is 8.64. The van der Waals surface area contributed by atoms with Crippen molar-refractivity contribution in [2.75, 3.05) is 10.1 Å². The van der Waals surface area contributed by atoms with Crippen molar-refractivity contribution in [3.05, 3.63) is 93.0 Å². The van der Waals surface area contributed by atoms with Gasteiger partial charge in [-0.25, -0.2) is 8.42 Å². The van der Waals surface area contributed by atoms with Gasteiger partial charge in [0.1, 0.15) is 5.69 Å². The Bertz CT molecular complexity index is 1280. The maximum absolute atomic E-state index is 12.6. The summed E-state index contributed by atoms with van der Waals surface area (Å²) in [6.45, 7) is 0. The van der Waals surface area contributed by atoms with Crippen LogP contribution in [0.15, 0.2) is 76.7 Å². The van der Waals surface area contributed by atoms with E-state index in [-0.39, 0.29) is 16.3 Å². The summed E-state index contributed by atoms with van der Waals surface area (Å²) in [7, 11) is -4.06. The third-order valence-corrected chi connectivity index (χ3v) is 5.64. The molecule has 0 spiro atoms. The Labute approximate surface area is 182 Å². The van der Waals surface area contributed by atoms with Crippen molar-refractivity contribution in [1.82, 2.24) is 0 Å². The smallest absolute Gasteiger partial charge is 0.280 e. The molecule has 2 N–H and O–H groups in total. The summed E-state index contributed by atoms with van der Waals surface area (Å²) in [5.41, 5.74) is 3.51. The van der Waals surface area contributed by atoms with E-state index in [1.54, 1.807) is 24.3 Å². The van der Waals surface area contributed by atoms with Gasteiger partial charge in [-0.05, 0) is 54.1 Å². The molecule has 3 aromatic rings. The van der Waals surface area contributed by atoms with E-state index in [4.69, 9.17) is 16.9 Å². The zero-order valence-electron chi connectivity index (χ0n) is 15.7. The van der Waals surface area contributed by atoms with Crippen LogP contribution in [0.4, 0.5) is 17.1 Å². The highest BCUT2D eigenvalue weighted by molar-refractivity contribution is 7.92. The number of hydrogen-bond donors (Lipinski definition) is 2. The van der Waals surface area contributed by atoms with Gasteiger partial charge in [-0.3, -0.25) is 20.3 Å². The van der Waals surface area contributed by atoms with Crippen LogP contribution in [0.1, 0.15) is 11.1 Å². The number of hydrazone groups is 1. The molecule has 9 nitrogen and oxygen atoms in total.